The van der Waals surface area contributed by atoms with Gasteiger partial charge in [0.05, 0.1) is 18.0 Å². The number of halogens is 2. The first-order chi connectivity index (χ1) is 7.72. The van der Waals surface area contributed by atoms with Crippen molar-refractivity contribution in [1.82, 2.24) is 9.97 Å². The Morgan fingerprint density at radius 3 is 2.88 bits per heavy atom. The number of nitrogens with one attached hydrogen (secondary N) is 1. The molecule has 1 N–H and O–H groups in total. The van der Waals surface area contributed by atoms with E-state index in [1.807, 2.05) is 25.1 Å². The lowest BCUT2D eigenvalue weighted by Gasteiger charge is -2.06. The van der Waals surface area contributed by atoms with Crippen molar-refractivity contribution in [3.05, 3.63) is 34.2 Å². The number of benzene rings is 1. The molecular weight excluding hydrogens is 291 g/mol. The highest BCUT2D eigenvalue weighted by Gasteiger charge is 2.08. The van der Waals surface area contributed by atoms with Crippen LogP contribution in [0.3, 0.4) is 0 Å². The van der Waals surface area contributed by atoms with E-state index in [2.05, 4.69) is 25.9 Å². The Labute approximate surface area is 107 Å². The average Bonchev–Trinajstić information content (AvgIpc) is 2.68. The van der Waals surface area contributed by atoms with E-state index in [4.69, 9.17) is 16.3 Å². The van der Waals surface area contributed by atoms with Gasteiger partial charge in [-0.3, -0.25) is 0 Å². The van der Waals surface area contributed by atoms with Crippen LogP contribution < -0.4 is 4.74 Å². The summed E-state index contributed by atoms with van der Waals surface area (Å²) in [5.41, 5.74) is 1.78. The Morgan fingerprint density at radius 1 is 1.50 bits per heavy atom. The number of hydrogen-bond acceptors (Lipinski definition) is 2. The number of aromatic nitrogens is 2. The second-order valence-electron chi connectivity index (χ2n) is 3.14. The van der Waals surface area contributed by atoms with Gasteiger partial charge in [-0.1, -0.05) is 11.6 Å². The number of hydrogen-bond donors (Lipinski definition) is 1. The van der Waals surface area contributed by atoms with Crippen LogP contribution in [0, 0.1) is 0 Å². The third-order valence-electron chi connectivity index (χ3n) is 2.10. The summed E-state index contributed by atoms with van der Waals surface area (Å²) in [6.07, 6.45) is 1.63. The number of H-pyrrole nitrogens is 1. The molecule has 0 atom stereocenters. The highest BCUT2D eigenvalue weighted by atomic mass is 79.9. The molecule has 0 unspecified atom stereocenters. The van der Waals surface area contributed by atoms with Crippen molar-refractivity contribution < 1.29 is 4.74 Å². The Kier molecular flexibility index (Phi) is 3.51. The van der Waals surface area contributed by atoms with Gasteiger partial charge in [-0.15, -0.1) is 0 Å². The zero-order valence-electron chi connectivity index (χ0n) is 8.63. The Morgan fingerprint density at radius 2 is 2.31 bits per heavy atom. The molecule has 0 spiro atoms. The molecule has 0 aliphatic rings. The molecule has 3 nitrogen and oxygen atoms in total. The molecule has 0 aliphatic heterocycles. The van der Waals surface area contributed by atoms with Gasteiger partial charge in [0.1, 0.15) is 16.0 Å². The Hall–Kier alpha value is -1.00. The molecule has 1 aromatic heterocycles. The van der Waals surface area contributed by atoms with Gasteiger partial charge in [0, 0.05) is 5.56 Å². The van der Waals surface area contributed by atoms with Crippen molar-refractivity contribution in [3.63, 3.8) is 0 Å². The SMILES string of the molecule is CCOc1ccc(-c2nc[nH]c2Br)cc1Cl. The predicted octanol–water partition coefficient (Wildman–Crippen LogP) is 3.89. The molecular formula is C11H10BrClN2O. The van der Waals surface area contributed by atoms with E-state index >= 15 is 0 Å². The van der Waals surface area contributed by atoms with Crippen LogP contribution in [0.1, 0.15) is 6.92 Å². The summed E-state index contributed by atoms with van der Waals surface area (Å²) in [4.78, 5) is 7.16. The minimum Gasteiger partial charge on any atom is -0.492 e. The van der Waals surface area contributed by atoms with Crippen LogP contribution in [0.15, 0.2) is 29.1 Å². The van der Waals surface area contributed by atoms with Crippen molar-refractivity contribution in [3.8, 4) is 17.0 Å². The number of ether oxygens (including phenoxy) is 1. The van der Waals surface area contributed by atoms with E-state index in [1.165, 1.54) is 0 Å². The van der Waals surface area contributed by atoms with Crippen LogP contribution in [0.2, 0.25) is 5.02 Å². The summed E-state index contributed by atoms with van der Waals surface area (Å²) in [5, 5.41) is 0.592. The lowest BCUT2D eigenvalue weighted by atomic mass is 10.1. The summed E-state index contributed by atoms with van der Waals surface area (Å²) in [6.45, 7) is 2.53. The lowest BCUT2D eigenvalue weighted by Crippen LogP contribution is -1.92. The van der Waals surface area contributed by atoms with Gasteiger partial charge in [-0.2, -0.15) is 0 Å². The zero-order chi connectivity index (χ0) is 11.5. The number of imidazole rings is 1. The van der Waals surface area contributed by atoms with E-state index in [1.54, 1.807) is 6.33 Å². The van der Waals surface area contributed by atoms with Crippen molar-refractivity contribution in [2.75, 3.05) is 6.61 Å². The minimum atomic E-state index is 0.592. The molecule has 84 valence electrons. The van der Waals surface area contributed by atoms with E-state index in [0.29, 0.717) is 17.4 Å². The smallest absolute Gasteiger partial charge is 0.137 e. The summed E-state index contributed by atoms with van der Waals surface area (Å²) in [6, 6.07) is 5.62. The second-order valence-corrected chi connectivity index (χ2v) is 4.34. The topological polar surface area (TPSA) is 37.9 Å². The predicted molar refractivity (Wildman–Crippen MR) is 67.9 cm³/mol. The van der Waals surface area contributed by atoms with Crippen molar-refractivity contribution in [2.45, 2.75) is 6.92 Å². The normalized spacial score (nSPS) is 10.4. The largest absolute Gasteiger partial charge is 0.492 e. The molecule has 2 rings (SSSR count). The van der Waals surface area contributed by atoms with Crippen molar-refractivity contribution in [1.29, 1.82) is 0 Å². The first kappa shape index (κ1) is 11.5. The molecule has 0 fully saturated rings. The van der Waals surface area contributed by atoms with Crippen LogP contribution in [0.25, 0.3) is 11.3 Å². The molecule has 2 aromatic rings. The van der Waals surface area contributed by atoms with E-state index in [-0.39, 0.29) is 0 Å². The Bertz CT molecular complexity index is 498. The summed E-state index contributed by atoms with van der Waals surface area (Å²) in [7, 11) is 0. The average molecular weight is 302 g/mol. The van der Waals surface area contributed by atoms with E-state index in [9.17, 15) is 0 Å². The fourth-order valence-electron chi connectivity index (χ4n) is 1.40. The van der Waals surface area contributed by atoms with Gasteiger partial charge in [-0.25, -0.2) is 4.98 Å². The molecule has 1 heterocycles. The molecule has 1 aromatic carbocycles. The van der Waals surface area contributed by atoms with Gasteiger partial charge < -0.3 is 9.72 Å². The second kappa shape index (κ2) is 4.89. The van der Waals surface area contributed by atoms with E-state index < -0.39 is 0 Å². The van der Waals surface area contributed by atoms with E-state index in [0.717, 1.165) is 15.9 Å². The number of nitrogens with zero attached hydrogens (tertiary/aromatic N) is 1. The van der Waals surface area contributed by atoms with Crippen LogP contribution >= 0.6 is 27.5 Å². The van der Waals surface area contributed by atoms with Gasteiger partial charge >= 0.3 is 0 Å². The lowest BCUT2D eigenvalue weighted by molar-refractivity contribution is 0.340. The van der Waals surface area contributed by atoms with Crippen molar-refractivity contribution >= 4 is 27.5 Å². The molecule has 5 heteroatoms. The fourth-order valence-corrected chi connectivity index (χ4v) is 2.07. The van der Waals surface area contributed by atoms with Crippen LogP contribution in [0.5, 0.6) is 5.75 Å². The monoisotopic (exact) mass is 300 g/mol. The molecule has 0 saturated carbocycles. The quantitative estimate of drug-likeness (QED) is 0.934. The van der Waals surface area contributed by atoms with Crippen LogP contribution in [-0.4, -0.2) is 16.6 Å². The third kappa shape index (κ3) is 2.23. The van der Waals surface area contributed by atoms with Crippen LogP contribution in [-0.2, 0) is 0 Å². The summed E-state index contributed by atoms with van der Waals surface area (Å²) >= 11 is 9.48. The molecule has 0 aliphatic carbocycles. The maximum absolute atomic E-state index is 6.10. The molecule has 0 saturated heterocycles. The van der Waals surface area contributed by atoms with Gasteiger partial charge in [0.15, 0.2) is 0 Å². The third-order valence-corrected chi connectivity index (χ3v) is 3.00. The summed E-state index contributed by atoms with van der Waals surface area (Å²) in [5.74, 6) is 0.694. The standard InChI is InChI=1S/C11H10BrClN2O/c1-2-16-9-4-3-7(5-8(9)13)10-11(12)15-6-14-10/h3-6H,2H2,1H3,(H,14,15). The fraction of sp³-hybridized carbons (Fsp3) is 0.182. The Balaban J connectivity index is 2.38. The first-order valence-electron chi connectivity index (χ1n) is 4.84. The highest BCUT2D eigenvalue weighted by molar-refractivity contribution is 9.10. The van der Waals surface area contributed by atoms with Gasteiger partial charge in [0.2, 0.25) is 0 Å². The van der Waals surface area contributed by atoms with Gasteiger partial charge in [-0.05, 0) is 41.1 Å². The molecule has 0 amide bonds. The van der Waals surface area contributed by atoms with Crippen LogP contribution in [0.4, 0.5) is 0 Å². The zero-order valence-corrected chi connectivity index (χ0v) is 11.0. The maximum Gasteiger partial charge on any atom is 0.137 e. The van der Waals surface area contributed by atoms with Crippen molar-refractivity contribution in [2.24, 2.45) is 0 Å². The minimum absolute atomic E-state index is 0.592. The number of rotatable bonds is 3. The molecule has 0 radical (unpaired) electrons. The highest BCUT2D eigenvalue weighted by Crippen LogP contribution is 2.32. The number of aromatic amines is 1. The summed E-state index contributed by atoms with van der Waals surface area (Å²) < 4.78 is 6.21. The maximum atomic E-state index is 6.10. The van der Waals surface area contributed by atoms with Gasteiger partial charge in [0.25, 0.3) is 0 Å². The molecule has 0 bridgehead atoms. The molecule has 16 heavy (non-hydrogen) atoms. The first-order valence-corrected chi connectivity index (χ1v) is 6.01.